The van der Waals surface area contributed by atoms with Crippen LogP contribution in [0.2, 0.25) is 0 Å². The van der Waals surface area contributed by atoms with Gasteiger partial charge in [-0.3, -0.25) is 14.3 Å². The molecule has 0 aromatic heterocycles. The first kappa shape index (κ1) is 12.8. The Labute approximate surface area is 81.3 Å². The van der Waals surface area contributed by atoms with Crippen LogP contribution in [0.4, 0.5) is 0 Å². The summed E-state index contributed by atoms with van der Waals surface area (Å²) < 4.78 is 22.8. The van der Waals surface area contributed by atoms with Crippen molar-refractivity contribution in [2.24, 2.45) is 5.73 Å². The van der Waals surface area contributed by atoms with Gasteiger partial charge in [-0.05, 0) is 6.42 Å². The summed E-state index contributed by atoms with van der Waals surface area (Å²) in [5, 5.41) is 8.35. The van der Waals surface area contributed by atoms with Crippen LogP contribution in [-0.2, 0) is 19.6 Å². The molecule has 4 N–H and O–H groups in total. The van der Waals surface area contributed by atoms with Gasteiger partial charge in [-0.2, -0.15) is 0 Å². The monoisotopic (exact) mass is 224 g/mol. The molecule has 8 heteroatoms. The number of carboxylic acid groups (broad SMARTS) is 1. The molecule has 0 saturated carbocycles. The lowest BCUT2D eigenvalue weighted by atomic mass is 10.2. The Hall–Kier alpha value is -1.15. The maximum atomic E-state index is 10.8. The van der Waals surface area contributed by atoms with Crippen molar-refractivity contribution in [2.45, 2.75) is 18.9 Å². The van der Waals surface area contributed by atoms with Crippen LogP contribution in [0.3, 0.4) is 0 Å². The van der Waals surface area contributed by atoms with E-state index in [2.05, 4.69) is 0 Å². The summed E-state index contributed by atoms with van der Waals surface area (Å²) in [7, 11) is -3.58. The fraction of sp³-hybridized carbons (Fsp3) is 0.667. The molecule has 0 radical (unpaired) electrons. The molecule has 0 saturated heterocycles. The van der Waals surface area contributed by atoms with Crippen molar-refractivity contribution in [3.05, 3.63) is 0 Å². The molecule has 0 aliphatic rings. The lowest BCUT2D eigenvalue weighted by molar-refractivity contribution is -0.138. The van der Waals surface area contributed by atoms with Crippen LogP contribution in [0.15, 0.2) is 0 Å². The van der Waals surface area contributed by atoms with Crippen molar-refractivity contribution in [3.8, 4) is 0 Å². The predicted molar refractivity (Wildman–Crippen MR) is 47.8 cm³/mol. The number of aliphatic carboxylic acids is 1. The van der Waals surface area contributed by atoms with Gasteiger partial charge in [-0.15, -0.1) is 0 Å². The van der Waals surface area contributed by atoms with Gasteiger partial charge in [0.2, 0.25) is 15.9 Å². The quantitative estimate of drug-likeness (QED) is 0.508. The maximum absolute atomic E-state index is 10.8. The summed E-state index contributed by atoms with van der Waals surface area (Å²) in [5.41, 5.74) is 5.10. The molecule has 0 fully saturated rings. The van der Waals surface area contributed by atoms with Gasteiger partial charge in [0.15, 0.2) is 0 Å². The summed E-state index contributed by atoms with van der Waals surface area (Å²) in [6, 6.07) is -1.15. The third-order valence-electron chi connectivity index (χ3n) is 1.30. The Morgan fingerprint density at radius 2 is 2.00 bits per heavy atom. The zero-order valence-corrected chi connectivity index (χ0v) is 8.37. The van der Waals surface area contributed by atoms with Crippen molar-refractivity contribution in [3.63, 3.8) is 0 Å². The fourth-order valence-corrected chi connectivity index (χ4v) is 1.18. The van der Waals surface area contributed by atoms with Crippen molar-refractivity contribution in [1.82, 2.24) is 4.72 Å². The average Bonchev–Trinajstić information content (AvgIpc) is 1.96. The van der Waals surface area contributed by atoms with Crippen LogP contribution in [0.25, 0.3) is 0 Å². The largest absolute Gasteiger partial charge is 0.480 e. The minimum Gasteiger partial charge on any atom is -0.480 e. The molecule has 0 aliphatic heterocycles. The van der Waals surface area contributed by atoms with Crippen molar-refractivity contribution in [1.29, 1.82) is 0 Å². The van der Waals surface area contributed by atoms with E-state index in [0.29, 0.717) is 0 Å². The highest BCUT2D eigenvalue weighted by atomic mass is 32.2. The first-order chi connectivity index (χ1) is 6.22. The summed E-state index contributed by atoms with van der Waals surface area (Å²) in [6.07, 6.45) is 0.499. The van der Waals surface area contributed by atoms with E-state index < -0.39 is 27.9 Å². The van der Waals surface area contributed by atoms with Gasteiger partial charge in [0, 0.05) is 6.42 Å². The molecule has 82 valence electrons. The van der Waals surface area contributed by atoms with E-state index in [1.807, 2.05) is 0 Å². The molecule has 0 aromatic rings. The van der Waals surface area contributed by atoms with Crippen LogP contribution < -0.4 is 10.5 Å². The smallest absolute Gasteiger partial charge is 0.320 e. The number of carbonyl (C=O) groups excluding carboxylic acids is 1. The highest BCUT2D eigenvalue weighted by molar-refractivity contribution is 7.89. The molecule has 7 nitrogen and oxygen atoms in total. The van der Waals surface area contributed by atoms with E-state index in [9.17, 15) is 18.0 Å². The number of hydrogen-bond acceptors (Lipinski definition) is 5. The Bertz CT molecular complexity index is 323. The zero-order valence-electron chi connectivity index (χ0n) is 7.56. The standard InChI is InChI=1S/C6H12N2O5S/c1-14(12,13)8-5(9)3-2-4(7)6(10)11/h4H,2-3,7H2,1H3,(H,8,9)(H,10,11)/t4-/m0/s1. The number of amides is 1. The number of sulfonamides is 1. The summed E-state index contributed by atoms with van der Waals surface area (Å²) in [4.78, 5) is 21.1. The summed E-state index contributed by atoms with van der Waals surface area (Å²) in [5.74, 6) is -1.98. The first-order valence-corrected chi connectivity index (χ1v) is 5.60. The number of hydrogen-bond donors (Lipinski definition) is 3. The Kier molecular flexibility index (Phi) is 4.51. The SMILES string of the molecule is CS(=O)(=O)NC(=O)CC[C@H](N)C(=O)O. The van der Waals surface area contributed by atoms with Gasteiger partial charge < -0.3 is 10.8 Å². The van der Waals surface area contributed by atoms with E-state index in [1.54, 1.807) is 4.72 Å². The molecule has 0 aliphatic carbocycles. The molecule has 1 atom stereocenters. The number of nitrogens with two attached hydrogens (primary N) is 1. The lowest BCUT2D eigenvalue weighted by Crippen LogP contribution is -2.34. The van der Waals surface area contributed by atoms with Gasteiger partial charge in [-0.25, -0.2) is 8.42 Å². The molecule has 1 amide bonds. The Morgan fingerprint density at radius 3 is 2.36 bits per heavy atom. The Balaban J connectivity index is 3.93. The van der Waals surface area contributed by atoms with Crippen LogP contribution in [-0.4, -0.2) is 37.7 Å². The average molecular weight is 224 g/mol. The number of carbonyl (C=O) groups is 2. The van der Waals surface area contributed by atoms with Gasteiger partial charge in [0.05, 0.1) is 6.26 Å². The van der Waals surface area contributed by atoms with E-state index in [1.165, 1.54) is 0 Å². The van der Waals surface area contributed by atoms with Gasteiger partial charge in [-0.1, -0.05) is 0 Å². The number of rotatable bonds is 5. The zero-order chi connectivity index (χ0) is 11.4. The van der Waals surface area contributed by atoms with Crippen LogP contribution >= 0.6 is 0 Å². The van der Waals surface area contributed by atoms with Crippen LogP contribution in [0.5, 0.6) is 0 Å². The minimum atomic E-state index is -3.58. The Morgan fingerprint density at radius 1 is 1.50 bits per heavy atom. The van der Waals surface area contributed by atoms with Crippen molar-refractivity contribution < 1.29 is 23.1 Å². The molecule has 0 rings (SSSR count). The maximum Gasteiger partial charge on any atom is 0.320 e. The molecule has 0 bridgehead atoms. The van der Waals surface area contributed by atoms with Crippen molar-refractivity contribution >= 4 is 21.9 Å². The van der Waals surface area contributed by atoms with E-state index in [4.69, 9.17) is 10.8 Å². The van der Waals surface area contributed by atoms with Gasteiger partial charge in [0.25, 0.3) is 0 Å². The molecule has 0 heterocycles. The van der Waals surface area contributed by atoms with E-state index in [-0.39, 0.29) is 12.8 Å². The molecular formula is C6H12N2O5S. The normalized spacial score (nSPS) is 13.3. The highest BCUT2D eigenvalue weighted by Crippen LogP contribution is 1.95. The minimum absolute atomic E-state index is 0.101. The topological polar surface area (TPSA) is 127 Å². The van der Waals surface area contributed by atoms with Gasteiger partial charge in [0.1, 0.15) is 6.04 Å². The lowest BCUT2D eigenvalue weighted by Gasteiger charge is -2.05. The molecule has 14 heavy (non-hydrogen) atoms. The second kappa shape index (κ2) is 4.91. The van der Waals surface area contributed by atoms with Crippen LogP contribution in [0.1, 0.15) is 12.8 Å². The fourth-order valence-electron chi connectivity index (χ4n) is 0.668. The van der Waals surface area contributed by atoms with E-state index in [0.717, 1.165) is 6.26 Å². The number of carboxylic acids is 1. The first-order valence-electron chi connectivity index (χ1n) is 3.71. The predicted octanol–water partition coefficient (Wildman–Crippen LogP) is -1.75. The van der Waals surface area contributed by atoms with Crippen molar-refractivity contribution in [2.75, 3.05) is 6.26 Å². The third kappa shape index (κ3) is 6.38. The molecular weight excluding hydrogens is 212 g/mol. The second-order valence-electron chi connectivity index (χ2n) is 2.78. The molecule has 0 spiro atoms. The number of nitrogens with one attached hydrogen (secondary N) is 1. The molecule has 0 aromatic carbocycles. The highest BCUT2D eigenvalue weighted by Gasteiger charge is 2.15. The molecule has 0 unspecified atom stereocenters. The van der Waals surface area contributed by atoms with Crippen LogP contribution in [0, 0.1) is 0 Å². The third-order valence-corrected chi connectivity index (χ3v) is 1.90. The summed E-state index contributed by atoms with van der Waals surface area (Å²) >= 11 is 0. The van der Waals surface area contributed by atoms with E-state index >= 15 is 0 Å². The second-order valence-corrected chi connectivity index (χ2v) is 4.53. The van der Waals surface area contributed by atoms with Gasteiger partial charge >= 0.3 is 5.97 Å². The summed E-state index contributed by atoms with van der Waals surface area (Å²) in [6.45, 7) is 0.